The number of aromatic amines is 1. The lowest BCUT2D eigenvalue weighted by Crippen LogP contribution is -2.35. The molecule has 2 aliphatic rings. The third-order valence-electron chi connectivity index (χ3n) is 8.89. The molecule has 5 aromatic rings. The Morgan fingerprint density at radius 1 is 1.02 bits per heavy atom. The summed E-state index contributed by atoms with van der Waals surface area (Å²) in [7, 11) is 0. The average molecular weight is 624 g/mol. The molecule has 12 heteroatoms. The fourth-order valence-corrected chi connectivity index (χ4v) is 6.67. The number of aromatic nitrogens is 6. The summed E-state index contributed by atoms with van der Waals surface area (Å²) in [6.07, 6.45) is 9.06. The predicted molar refractivity (Wildman–Crippen MR) is 171 cm³/mol. The van der Waals surface area contributed by atoms with Gasteiger partial charge in [-0.2, -0.15) is 10.1 Å². The molecule has 1 aliphatic carbocycles. The Hall–Kier alpha value is -4.81. The average Bonchev–Trinajstić information content (AvgIpc) is 3.84. The van der Waals surface area contributed by atoms with Crippen LogP contribution in [0, 0.1) is 0 Å². The van der Waals surface area contributed by atoms with Crippen molar-refractivity contribution in [2.24, 2.45) is 0 Å². The van der Waals surface area contributed by atoms with Crippen molar-refractivity contribution in [3.63, 3.8) is 0 Å². The van der Waals surface area contributed by atoms with Gasteiger partial charge < -0.3 is 4.74 Å². The van der Waals surface area contributed by atoms with Gasteiger partial charge in [-0.3, -0.25) is 29.2 Å². The van der Waals surface area contributed by atoms with E-state index in [1.165, 1.54) is 0 Å². The van der Waals surface area contributed by atoms with Crippen LogP contribution in [0.4, 0.5) is 0 Å². The fraction of sp³-hybridized carbons (Fsp3) is 0.382. The molecule has 1 saturated carbocycles. The topological polar surface area (TPSA) is 142 Å². The van der Waals surface area contributed by atoms with E-state index in [1.807, 2.05) is 70.6 Å². The van der Waals surface area contributed by atoms with Crippen LogP contribution in [0.5, 0.6) is 0 Å². The number of nitrogens with one attached hydrogen (secondary N) is 2. The van der Waals surface area contributed by atoms with E-state index in [4.69, 9.17) is 14.1 Å². The number of fused-ring (bicyclic) bond motifs is 1. The van der Waals surface area contributed by atoms with Gasteiger partial charge in [0.15, 0.2) is 5.82 Å². The second kappa shape index (κ2) is 12.9. The summed E-state index contributed by atoms with van der Waals surface area (Å²) in [6.45, 7) is 4.58. The van der Waals surface area contributed by atoms with Crippen molar-refractivity contribution in [1.29, 1.82) is 0 Å². The van der Waals surface area contributed by atoms with Crippen molar-refractivity contribution >= 4 is 5.78 Å². The molecule has 4 heterocycles. The lowest BCUT2D eigenvalue weighted by molar-refractivity contribution is -0.0522. The van der Waals surface area contributed by atoms with Gasteiger partial charge in [0, 0.05) is 29.3 Å². The molecule has 0 spiro atoms. The number of H-pyrrole nitrogens is 1. The molecule has 0 radical (unpaired) electrons. The van der Waals surface area contributed by atoms with Crippen molar-refractivity contribution in [1.82, 2.24) is 34.8 Å². The van der Waals surface area contributed by atoms with E-state index in [1.54, 1.807) is 6.33 Å². The first-order valence-corrected chi connectivity index (χ1v) is 15.9. The summed E-state index contributed by atoms with van der Waals surface area (Å²) in [4.78, 5) is 38.6. The zero-order chi connectivity index (χ0) is 31.6. The highest BCUT2D eigenvalue weighted by Crippen LogP contribution is 2.32. The monoisotopic (exact) mass is 623 g/mol. The summed E-state index contributed by atoms with van der Waals surface area (Å²) in [5.74, 6) is 0.383. The second-order valence-electron chi connectivity index (χ2n) is 12.1. The standard InChI is InChI=1S/C34H37N7O5/c1-3-6-30-29(18-22-9-11-23(12-10-22)27-7-4-5-8-28(27)31-37-34(43)46-39-31)32(42)40(33-35-20-36-41(30)33)24-13-15-25(16-14-24)44-19-26-17-21(2)38-45-26/h4-5,7-12,17,20,24-26,38H,3,6,13-16,18-19H2,1-2H3,(H,37,39,43). The molecule has 3 aromatic heterocycles. The Bertz CT molecular complexity index is 1980. The van der Waals surface area contributed by atoms with Gasteiger partial charge in [0.25, 0.3) is 5.56 Å². The Labute approximate surface area is 265 Å². The summed E-state index contributed by atoms with van der Waals surface area (Å²) in [5, 5.41) is 8.45. The number of allylic oxidation sites excluding steroid dienone is 1. The lowest BCUT2D eigenvalue weighted by Gasteiger charge is -2.31. The molecule has 7 rings (SSSR count). The van der Waals surface area contributed by atoms with Gasteiger partial charge in [-0.15, -0.1) is 0 Å². The molecule has 1 aliphatic heterocycles. The molecule has 1 unspecified atom stereocenters. The molecule has 12 nitrogen and oxygen atoms in total. The number of hydrogen-bond acceptors (Lipinski definition) is 9. The zero-order valence-electron chi connectivity index (χ0n) is 25.9. The second-order valence-corrected chi connectivity index (χ2v) is 12.1. The molecule has 1 fully saturated rings. The number of hydrogen-bond donors (Lipinski definition) is 2. The highest BCUT2D eigenvalue weighted by Gasteiger charge is 2.29. The fourth-order valence-electron chi connectivity index (χ4n) is 6.67. The van der Waals surface area contributed by atoms with Crippen LogP contribution in [0.25, 0.3) is 28.3 Å². The maximum absolute atomic E-state index is 14.4. The third-order valence-corrected chi connectivity index (χ3v) is 8.89. The quantitative estimate of drug-likeness (QED) is 0.225. The molecule has 2 aromatic carbocycles. The minimum Gasteiger partial charge on any atom is -0.375 e. The van der Waals surface area contributed by atoms with Gasteiger partial charge in [-0.1, -0.05) is 67.0 Å². The van der Waals surface area contributed by atoms with Crippen LogP contribution < -0.4 is 16.8 Å². The first kappa shape index (κ1) is 29.9. The van der Waals surface area contributed by atoms with E-state index in [9.17, 15) is 9.59 Å². The van der Waals surface area contributed by atoms with Crippen LogP contribution >= 0.6 is 0 Å². The van der Waals surface area contributed by atoms with E-state index in [2.05, 4.69) is 32.6 Å². The Kier molecular flexibility index (Phi) is 8.37. The molecule has 2 N–H and O–H groups in total. The van der Waals surface area contributed by atoms with Crippen molar-refractivity contribution < 1.29 is 14.1 Å². The molecular weight excluding hydrogens is 586 g/mol. The largest absolute Gasteiger partial charge is 0.439 e. The van der Waals surface area contributed by atoms with E-state index >= 15 is 0 Å². The Morgan fingerprint density at radius 2 is 1.80 bits per heavy atom. The first-order chi connectivity index (χ1) is 22.5. The van der Waals surface area contributed by atoms with Gasteiger partial charge in [0.2, 0.25) is 5.78 Å². The molecule has 238 valence electrons. The Balaban J connectivity index is 1.15. The number of ether oxygens (including phenoxy) is 1. The first-order valence-electron chi connectivity index (χ1n) is 15.9. The normalized spacial score (nSPS) is 19.8. The molecule has 1 atom stereocenters. The van der Waals surface area contributed by atoms with E-state index in [0.29, 0.717) is 24.6 Å². The highest BCUT2D eigenvalue weighted by molar-refractivity contribution is 5.80. The van der Waals surface area contributed by atoms with Crippen LogP contribution in [0.15, 0.2) is 80.7 Å². The molecule has 0 bridgehead atoms. The Morgan fingerprint density at radius 3 is 2.50 bits per heavy atom. The number of nitrogens with zero attached hydrogens (tertiary/aromatic N) is 5. The van der Waals surface area contributed by atoms with Crippen molar-refractivity contribution in [2.75, 3.05) is 6.61 Å². The van der Waals surface area contributed by atoms with Gasteiger partial charge in [-0.25, -0.2) is 9.31 Å². The van der Waals surface area contributed by atoms with E-state index in [-0.39, 0.29) is 23.8 Å². The molecule has 46 heavy (non-hydrogen) atoms. The molecule has 0 amide bonds. The summed E-state index contributed by atoms with van der Waals surface area (Å²) in [6, 6.07) is 15.9. The zero-order valence-corrected chi connectivity index (χ0v) is 25.9. The van der Waals surface area contributed by atoms with Crippen molar-refractivity contribution in [2.45, 2.75) is 77.0 Å². The predicted octanol–water partition coefficient (Wildman–Crippen LogP) is 4.75. The van der Waals surface area contributed by atoms with Crippen LogP contribution in [-0.4, -0.2) is 48.1 Å². The highest BCUT2D eigenvalue weighted by atomic mass is 16.7. The summed E-state index contributed by atoms with van der Waals surface area (Å²) < 4.78 is 14.7. The van der Waals surface area contributed by atoms with Gasteiger partial charge >= 0.3 is 5.76 Å². The number of rotatable bonds is 10. The molecular formula is C34H37N7O5. The lowest BCUT2D eigenvalue weighted by atomic mass is 9.92. The van der Waals surface area contributed by atoms with E-state index < -0.39 is 5.76 Å². The summed E-state index contributed by atoms with van der Waals surface area (Å²) >= 11 is 0. The maximum atomic E-state index is 14.4. The van der Waals surface area contributed by atoms with Crippen LogP contribution in [0.3, 0.4) is 0 Å². The van der Waals surface area contributed by atoms with Crippen LogP contribution in [-0.2, 0) is 22.4 Å². The van der Waals surface area contributed by atoms with Crippen molar-refractivity contribution in [3.05, 3.63) is 104 Å². The number of hydroxylamine groups is 1. The number of benzene rings is 2. The minimum absolute atomic E-state index is 0.00349. The molecule has 0 saturated heterocycles. The van der Waals surface area contributed by atoms with Gasteiger partial charge in [0.1, 0.15) is 12.4 Å². The third kappa shape index (κ3) is 5.93. The van der Waals surface area contributed by atoms with Gasteiger partial charge in [-0.05, 0) is 61.8 Å². The van der Waals surface area contributed by atoms with E-state index in [0.717, 1.165) is 77.7 Å². The summed E-state index contributed by atoms with van der Waals surface area (Å²) in [5.41, 5.74) is 9.19. The maximum Gasteiger partial charge on any atom is 0.439 e. The van der Waals surface area contributed by atoms with Crippen LogP contribution in [0.2, 0.25) is 0 Å². The van der Waals surface area contributed by atoms with Gasteiger partial charge in [0.05, 0.1) is 18.4 Å². The van der Waals surface area contributed by atoms with Crippen molar-refractivity contribution in [3.8, 4) is 22.5 Å². The minimum atomic E-state index is -0.598. The smallest absolute Gasteiger partial charge is 0.375 e. The number of aryl methyl sites for hydroxylation is 1. The van der Waals surface area contributed by atoms with Crippen LogP contribution in [0.1, 0.15) is 68.8 Å². The SMILES string of the molecule is CCCc1c(Cc2ccc(-c3ccccc3-c3noc(=O)[nH]3)cc2)c(=O)n(C2CCC(OCC3C=C(C)NO3)CC2)c2ncnn12.